The maximum Gasteiger partial charge on any atom is 0.172 e. The summed E-state index contributed by atoms with van der Waals surface area (Å²) in [4.78, 5) is 4.07. The molecule has 2 aromatic rings. The molecule has 0 bridgehead atoms. The van der Waals surface area contributed by atoms with Crippen LogP contribution in [0, 0.1) is 0 Å². The van der Waals surface area contributed by atoms with Crippen molar-refractivity contribution >= 4 is 0 Å². The largest absolute Gasteiger partial charge is 0.356 e. The average Bonchev–Trinajstić information content (AvgIpc) is 2.79. The van der Waals surface area contributed by atoms with E-state index in [-0.39, 0.29) is 0 Å². The molecular weight excluding hydrogens is 202 g/mol. The molecule has 1 N–H and O–H groups in total. The molecule has 0 fully saturated rings. The van der Waals surface area contributed by atoms with Crippen LogP contribution in [0.15, 0.2) is 35.2 Å². The SMILES string of the molecule is CCCNCc1cnoc1-c1cccnc1. The Labute approximate surface area is 94.7 Å². The van der Waals surface area contributed by atoms with E-state index in [1.165, 1.54) is 0 Å². The lowest BCUT2D eigenvalue weighted by Gasteiger charge is -2.02. The van der Waals surface area contributed by atoms with Gasteiger partial charge in [-0.2, -0.15) is 0 Å². The van der Waals surface area contributed by atoms with E-state index in [1.807, 2.05) is 12.1 Å². The van der Waals surface area contributed by atoms with E-state index in [4.69, 9.17) is 4.52 Å². The van der Waals surface area contributed by atoms with Crippen LogP contribution in [0.3, 0.4) is 0 Å². The number of nitrogens with zero attached hydrogens (tertiary/aromatic N) is 2. The Kier molecular flexibility index (Phi) is 3.66. The van der Waals surface area contributed by atoms with Crippen LogP contribution in [-0.4, -0.2) is 16.7 Å². The summed E-state index contributed by atoms with van der Waals surface area (Å²) in [7, 11) is 0. The first-order valence-electron chi connectivity index (χ1n) is 5.46. The fourth-order valence-electron chi connectivity index (χ4n) is 1.52. The molecule has 2 rings (SSSR count). The molecule has 0 saturated heterocycles. The minimum Gasteiger partial charge on any atom is -0.356 e. The molecule has 0 aliphatic rings. The van der Waals surface area contributed by atoms with Crippen molar-refractivity contribution in [3.05, 3.63) is 36.3 Å². The molecular formula is C12H15N3O. The molecule has 0 aliphatic heterocycles. The van der Waals surface area contributed by atoms with Crippen molar-refractivity contribution in [2.75, 3.05) is 6.54 Å². The highest BCUT2D eigenvalue weighted by Gasteiger charge is 2.09. The minimum atomic E-state index is 0.779. The van der Waals surface area contributed by atoms with Crippen LogP contribution >= 0.6 is 0 Å². The van der Waals surface area contributed by atoms with Gasteiger partial charge < -0.3 is 9.84 Å². The number of nitrogens with one attached hydrogen (secondary N) is 1. The predicted octanol–water partition coefficient (Wildman–Crippen LogP) is 2.24. The number of pyridine rings is 1. The summed E-state index contributed by atoms with van der Waals surface area (Å²) in [5.41, 5.74) is 2.04. The fraction of sp³-hybridized carbons (Fsp3) is 0.333. The van der Waals surface area contributed by atoms with Gasteiger partial charge in [-0.25, -0.2) is 0 Å². The third-order valence-electron chi connectivity index (χ3n) is 2.31. The highest BCUT2D eigenvalue weighted by molar-refractivity contribution is 5.59. The zero-order valence-corrected chi connectivity index (χ0v) is 9.31. The molecule has 0 spiro atoms. The van der Waals surface area contributed by atoms with Crippen molar-refractivity contribution in [2.45, 2.75) is 19.9 Å². The lowest BCUT2D eigenvalue weighted by molar-refractivity contribution is 0.431. The number of hydrogen-bond donors (Lipinski definition) is 1. The van der Waals surface area contributed by atoms with Gasteiger partial charge in [-0.1, -0.05) is 12.1 Å². The Balaban J connectivity index is 2.13. The van der Waals surface area contributed by atoms with E-state index >= 15 is 0 Å². The maximum absolute atomic E-state index is 5.25. The van der Waals surface area contributed by atoms with E-state index < -0.39 is 0 Å². The molecule has 4 heteroatoms. The molecule has 0 aliphatic carbocycles. The zero-order valence-electron chi connectivity index (χ0n) is 9.31. The second kappa shape index (κ2) is 5.42. The molecule has 4 nitrogen and oxygen atoms in total. The smallest absolute Gasteiger partial charge is 0.172 e. The van der Waals surface area contributed by atoms with Crippen molar-refractivity contribution in [1.82, 2.24) is 15.5 Å². The Hall–Kier alpha value is -1.68. The standard InChI is InChI=1S/C12H15N3O/c1-2-5-13-8-11-9-15-16-12(11)10-4-3-6-14-7-10/h3-4,6-7,9,13H,2,5,8H2,1H3. The predicted molar refractivity (Wildman–Crippen MR) is 61.7 cm³/mol. The van der Waals surface area contributed by atoms with Gasteiger partial charge in [0, 0.05) is 30.1 Å². The summed E-state index contributed by atoms with van der Waals surface area (Å²) in [6, 6.07) is 3.86. The van der Waals surface area contributed by atoms with Crippen molar-refractivity contribution in [3.63, 3.8) is 0 Å². The van der Waals surface area contributed by atoms with Crippen LogP contribution in [0.1, 0.15) is 18.9 Å². The van der Waals surface area contributed by atoms with Gasteiger partial charge in [0.25, 0.3) is 0 Å². The first-order valence-corrected chi connectivity index (χ1v) is 5.46. The lowest BCUT2D eigenvalue weighted by atomic mass is 10.1. The van der Waals surface area contributed by atoms with Crippen molar-refractivity contribution in [2.24, 2.45) is 0 Å². The topological polar surface area (TPSA) is 51.0 Å². The summed E-state index contributed by atoms with van der Waals surface area (Å²) in [5, 5.41) is 7.16. The van der Waals surface area contributed by atoms with Gasteiger partial charge >= 0.3 is 0 Å². The van der Waals surface area contributed by atoms with E-state index in [9.17, 15) is 0 Å². The Morgan fingerprint density at radius 2 is 2.31 bits per heavy atom. The van der Waals surface area contributed by atoms with Crippen LogP contribution < -0.4 is 5.32 Å². The van der Waals surface area contributed by atoms with Gasteiger partial charge in [0.1, 0.15) is 0 Å². The van der Waals surface area contributed by atoms with Gasteiger partial charge in [0.2, 0.25) is 0 Å². The van der Waals surface area contributed by atoms with Crippen LogP contribution in [0.5, 0.6) is 0 Å². The fourth-order valence-corrected chi connectivity index (χ4v) is 1.52. The second-order valence-electron chi connectivity index (χ2n) is 3.60. The Bertz CT molecular complexity index is 425. The highest BCUT2D eigenvalue weighted by Crippen LogP contribution is 2.22. The zero-order chi connectivity index (χ0) is 11.2. The molecule has 2 aromatic heterocycles. The average molecular weight is 217 g/mol. The second-order valence-corrected chi connectivity index (χ2v) is 3.60. The van der Waals surface area contributed by atoms with E-state index in [0.717, 1.165) is 36.4 Å². The third-order valence-corrected chi connectivity index (χ3v) is 2.31. The first-order chi connectivity index (χ1) is 7.92. The summed E-state index contributed by atoms with van der Waals surface area (Å²) in [5.74, 6) is 0.803. The highest BCUT2D eigenvalue weighted by atomic mass is 16.5. The first kappa shape index (κ1) is 10.8. The quantitative estimate of drug-likeness (QED) is 0.780. The van der Waals surface area contributed by atoms with Crippen molar-refractivity contribution in [3.8, 4) is 11.3 Å². The van der Waals surface area contributed by atoms with Crippen molar-refractivity contribution in [1.29, 1.82) is 0 Å². The molecule has 0 atom stereocenters. The minimum absolute atomic E-state index is 0.779. The van der Waals surface area contributed by atoms with Crippen molar-refractivity contribution < 1.29 is 4.52 Å². The Morgan fingerprint density at radius 3 is 3.06 bits per heavy atom. The number of hydrogen-bond acceptors (Lipinski definition) is 4. The number of rotatable bonds is 5. The van der Waals surface area contributed by atoms with Gasteiger partial charge in [-0.05, 0) is 25.1 Å². The summed E-state index contributed by atoms with van der Waals surface area (Å²) in [6.07, 6.45) is 6.40. The van der Waals surface area contributed by atoms with Gasteiger partial charge in [0.05, 0.1) is 6.20 Å². The molecule has 84 valence electrons. The molecule has 2 heterocycles. The lowest BCUT2D eigenvalue weighted by Crippen LogP contribution is -2.13. The molecule has 0 unspecified atom stereocenters. The third kappa shape index (κ3) is 2.46. The molecule has 16 heavy (non-hydrogen) atoms. The monoisotopic (exact) mass is 217 g/mol. The van der Waals surface area contributed by atoms with Crippen LogP contribution in [-0.2, 0) is 6.54 Å². The summed E-state index contributed by atoms with van der Waals surface area (Å²) < 4.78 is 5.25. The normalized spacial score (nSPS) is 10.6. The van der Waals surface area contributed by atoms with Gasteiger partial charge in [-0.3, -0.25) is 4.98 Å². The molecule has 0 amide bonds. The Morgan fingerprint density at radius 1 is 1.38 bits per heavy atom. The van der Waals surface area contributed by atoms with E-state index in [1.54, 1.807) is 18.6 Å². The van der Waals surface area contributed by atoms with E-state index in [2.05, 4.69) is 22.4 Å². The molecule has 0 radical (unpaired) electrons. The van der Waals surface area contributed by atoms with Crippen LogP contribution in [0.2, 0.25) is 0 Å². The van der Waals surface area contributed by atoms with Gasteiger partial charge in [0.15, 0.2) is 5.76 Å². The van der Waals surface area contributed by atoms with Crippen LogP contribution in [0.25, 0.3) is 11.3 Å². The number of aromatic nitrogens is 2. The van der Waals surface area contributed by atoms with E-state index in [0.29, 0.717) is 0 Å². The molecule has 0 aromatic carbocycles. The summed E-state index contributed by atoms with van der Waals surface area (Å²) >= 11 is 0. The van der Waals surface area contributed by atoms with Gasteiger partial charge in [-0.15, -0.1) is 0 Å². The molecule has 0 saturated carbocycles. The maximum atomic E-state index is 5.25. The summed E-state index contributed by atoms with van der Waals surface area (Å²) in [6.45, 7) is 3.92. The van der Waals surface area contributed by atoms with Crippen LogP contribution in [0.4, 0.5) is 0 Å².